The number of methoxy groups -OCH3 is 2. The SMILES string of the molecule is COc1ccc([C@H]2C[C@@H](C(F)(F)F)n3nc(C(=O)N4CC[C@H](C)[C@H]5CCCC[C@@H]54)cc3N2)cc1OC. The second-order valence-electron chi connectivity index (χ2n) is 10.2. The van der Waals surface area contributed by atoms with E-state index < -0.39 is 18.3 Å². The smallest absolute Gasteiger partial charge is 0.410 e. The van der Waals surface area contributed by atoms with Gasteiger partial charge in [0, 0.05) is 25.1 Å². The molecule has 1 amide bonds. The van der Waals surface area contributed by atoms with E-state index in [1.54, 1.807) is 18.2 Å². The number of carbonyl (C=O) groups excluding carboxylic acids is 1. The van der Waals surface area contributed by atoms with Gasteiger partial charge in [-0.15, -0.1) is 0 Å². The number of carbonyl (C=O) groups is 1. The van der Waals surface area contributed by atoms with E-state index in [1.807, 2.05) is 4.90 Å². The maximum absolute atomic E-state index is 14.2. The van der Waals surface area contributed by atoms with E-state index in [2.05, 4.69) is 17.3 Å². The van der Waals surface area contributed by atoms with Crippen molar-refractivity contribution in [3.63, 3.8) is 0 Å². The van der Waals surface area contributed by atoms with E-state index >= 15 is 0 Å². The number of fused-ring (bicyclic) bond motifs is 2. The minimum Gasteiger partial charge on any atom is -0.493 e. The first-order valence-corrected chi connectivity index (χ1v) is 12.7. The molecule has 5 atom stereocenters. The highest BCUT2D eigenvalue weighted by Crippen LogP contribution is 2.45. The van der Waals surface area contributed by atoms with Crippen molar-refractivity contribution in [3.8, 4) is 11.5 Å². The van der Waals surface area contributed by atoms with Crippen LogP contribution in [0.3, 0.4) is 0 Å². The van der Waals surface area contributed by atoms with Crippen molar-refractivity contribution < 1.29 is 27.4 Å². The number of likely N-dealkylation sites (tertiary alicyclic amines) is 1. The Bertz CT molecular complexity index is 1120. The van der Waals surface area contributed by atoms with E-state index in [4.69, 9.17) is 9.47 Å². The zero-order valence-corrected chi connectivity index (χ0v) is 20.8. The Balaban J connectivity index is 1.45. The van der Waals surface area contributed by atoms with Crippen LogP contribution in [0, 0.1) is 11.8 Å². The van der Waals surface area contributed by atoms with Crippen LogP contribution in [0.1, 0.15) is 73.6 Å². The molecule has 36 heavy (non-hydrogen) atoms. The van der Waals surface area contributed by atoms with Crippen LogP contribution in [0.15, 0.2) is 24.3 Å². The van der Waals surface area contributed by atoms with Crippen LogP contribution in [0.25, 0.3) is 0 Å². The maximum atomic E-state index is 14.2. The van der Waals surface area contributed by atoms with E-state index in [0.29, 0.717) is 35.4 Å². The highest BCUT2D eigenvalue weighted by molar-refractivity contribution is 5.93. The molecule has 1 aliphatic carbocycles. The van der Waals surface area contributed by atoms with Crippen LogP contribution >= 0.6 is 0 Å². The fraction of sp³-hybridized carbons (Fsp3) is 0.615. The molecule has 1 aromatic heterocycles. The summed E-state index contributed by atoms with van der Waals surface area (Å²) in [7, 11) is 2.99. The standard InChI is InChI=1S/C26H33F3N4O3/c1-15-10-11-32(20-7-5-4-6-17(15)20)25(34)19-14-24-30-18(13-23(26(27,28)29)33(24)31-19)16-8-9-21(35-2)22(12-16)36-3/h8-9,12,14-15,17-18,20,23,30H,4-7,10-11,13H2,1-3H3/t15-,17+,18+,20-,23-/m0/s1. The molecule has 7 nitrogen and oxygen atoms in total. The van der Waals surface area contributed by atoms with Crippen LogP contribution < -0.4 is 14.8 Å². The van der Waals surface area contributed by atoms with Gasteiger partial charge in [0.2, 0.25) is 0 Å². The summed E-state index contributed by atoms with van der Waals surface area (Å²) >= 11 is 0. The average Bonchev–Trinajstić information content (AvgIpc) is 3.31. The normalized spacial score (nSPS) is 28.1. The molecule has 2 fully saturated rings. The van der Waals surface area contributed by atoms with Crippen molar-refractivity contribution >= 4 is 11.7 Å². The number of nitrogens with one attached hydrogen (secondary N) is 1. The third-order valence-corrected chi connectivity index (χ3v) is 8.22. The molecule has 5 rings (SSSR count). The van der Waals surface area contributed by atoms with Crippen molar-refractivity contribution in [2.24, 2.45) is 11.8 Å². The lowest BCUT2D eigenvalue weighted by Crippen LogP contribution is -2.52. The number of hydrogen-bond acceptors (Lipinski definition) is 5. The van der Waals surface area contributed by atoms with E-state index in [9.17, 15) is 18.0 Å². The zero-order chi connectivity index (χ0) is 25.6. The van der Waals surface area contributed by atoms with Gasteiger partial charge >= 0.3 is 6.18 Å². The predicted molar refractivity (Wildman–Crippen MR) is 128 cm³/mol. The molecule has 1 saturated carbocycles. The molecule has 1 N–H and O–H groups in total. The third kappa shape index (κ3) is 4.39. The molecular weight excluding hydrogens is 473 g/mol. The molecule has 3 heterocycles. The molecule has 0 unspecified atom stereocenters. The summed E-state index contributed by atoms with van der Waals surface area (Å²) in [6.45, 7) is 2.86. The Morgan fingerprint density at radius 1 is 1.08 bits per heavy atom. The first-order chi connectivity index (χ1) is 17.2. The first kappa shape index (κ1) is 24.8. The van der Waals surface area contributed by atoms with E-state index in [-0.39, 0.29) is 29.9 Å². The minimum atomic E-state index is -4.52. The van der Waals surface area contributed by atoms with Crippen molar-refractivity contribution in [3.05, 3.63) is 35.5 Å². The maximum Gasteiger partial charge on any atom is 0.410 e. The monoisotopic (exact) mass is 506 g/mol. The van der Waals surface area contributed by atoms with Crippen molar-refractivity contribution in [2.75, 3.05) is 26.1 Å². The summed E-state index contributed by atoms with van der Waals surface area (Å²) < 4.78 is 54.1. The summed E-state index contributed by atoms with van der Waals surface area (Å²) in [5, 5.41) is 7.40. The Labute approximate surface area is 208 Å². The van der Waals surface area contributed by atoms with Gasteiger partial charge in [-0.3, -0.25) is 4.79 Å². The Hall–Kier alpha value is -2.91. The topological polar surface area (TPSA) is 68.6 Å². The van der Waals surface area contributed by atoms with E-state index in [1.165, 1.54) is 26.7 Å². The fourth-order valence-electron chi connectivity index (χ4n) is 6.28. The Morgan fingerprint density at radius 2 is 1.83 bits per heavy atom. The first-order valence-electron chi connectivity index (χ1n) is 12.7. The number of amides is 1. The zero-order valence-electron chi connectivity index (χ0n) is 20.8. The summed E-state index contributed by atoms with van der Waals surface area (Å²) in [6.07, 6.45) is 0.410. The lowest BCUT2D eigenvalue weighted by atomic mass is 9.72. The number of anilines is 1. The van der Waals surface area contributed by atoms with Gasteiger partial charge in [0.05, 0.1) is 20.3 Å². The lowest BCUT2D eigenvalue weighted by Gasteiger charge is -2.47. The summed E-state index contributed by atoms with van der Waals surface area (Å²) in [5.74, 6) is 1.86. The molecular formula is C26H33F3N4O3. The number of ether oxygens (including phenoxy) is 2. The molecule has 0 bridgehead atoms. The summed E-state index contributed by atoms with van der Waals surface area (Å²) in [6, 6.07) is 4.21. The van der Waals surface area contributed by atoms with Crippen molar-refractivity contribution in [2.45, 2.75) is 69.8 Å². The minimum absolute atomic E-state index is 0.0681. The second kappa shape index (κ2) is 9.52. The van der Waals surface area contributed by atoms with Crippen LogP contribution in [0.2, 0.25) is 0 Å². The highest BCUT2D eigenvalue weighted by atomic mass is 19.4. The molecule has 2 aliphatic heterocycles. The van der Waals surface area contributed by atoms with Gasteiger partial charge in [0.15, 0.2) is 23.2 Å². The number of halogens is 3. The molecule has 0 spiro atoms. The number of nitrogens with zero attached hydrogens (tertiary/aromatic N) is 3. The third-order valence-electron chi connectivity index (χ3n) is 8.22. The molecule has 196 valence electrons. The number of aromatic nitrogens is 2. The molecule has 10 heteroatoms. The van der Waals surface area contributed by atoms with Gasteiger partial charge in [-0.25, -0.2) is 4.68 Å². The van der Waals surface area contributed by atoms with Crippen LogP contribution in [0.4, 0.5) is 19.0 Å². The van der Waals surface area contributed by atoms with Crippen molar-refractivity contribution in [1.29, 1.82) is 0 Å². The average molecular weight is 507 g/mol. The summed E-state index contributed by atoms with van der Waals surface area (Å²) in [4.78, 5) is 15.4. The number of rotatable bonds is 4. The molecule has 0 radical (unpaired) electrons. The lowest BCUT2D eigenvalue weighted by molar-refractivity contribution is -0.173. The fourth-order valence-corrected chi connectivity index (χ4v) is 6.28. The Kier molecular flexibility index (Phi) is 6.55. The molecule has 3 aliphatic rings. The largest absolute Gasteiger partial charge is 0.493 e. The number of hydrogen-bond donors (Lipinski definition) is 1. The van der Waals surface area contributed by atoms with Crippen LogP contribution in [-0.2, 0) is 0 Å². The number of piperidine rings is 1. The molecule has 2 aromatic rings. The van der Waals surface area contributed by atoms with Gasteiger partial charge in [0.25, 0.3) is 5.91 Å². The van der Waals surface area contributed by atoms with Gasteiger partial charge < -0.3 is 19.7 Å². The number of benzene rings is 1. The highest BCUT2D eigenvalue weighted by Gasteiger charge is 2.47. The van der Waals surface area contributed by atoms with Crippen LogP contribution in [-0.4, -0.2) is 53.6 Å². The molecule has 1 saturated heterocycles. The van der Waals surface area contributed by atoms with Crippen LogP contribution in [0.5, 0.6) is 11.5 Å². The van der Waals surface area contributed by atoms with Gasteiger partial charge in [-0.2, -0.15) is 18.3 Å². The van der Waals surface area contributed by atoms with Gasteiger partial charge in [-0.05, 0) is 48.8 Å². The quantitative estimate of drug-likeness (QED) is 0.585. The van der Waals surface area contributed by atoms with Crippen molar-refractivity contribution in [1.82, 2.24) is 14.7 Å². The second-order valence-corrected chi connectivity index (χ2v) is 10.2. The summed E-state index contributed by atoms with van der Waals surface area (Å²) in [5.41, 5.74) is 0.705. The van der Waals surface area contributed by atoms with Gasteiger partial charge in [-0.1, -0.05) is 25.8 Å². The number of alkyl halides is 3. The molecule has 1 aromatic carbocycles. The van der Waals surface area contributed by atoms with E-state index in [0.717, 1.165) is 30.4 Å². The predicted octanol–water partition coefficient (Wildman–Crippen LogP) is 5.60. The van der Waals surface area contributed by atoms with Gasteiger partial charge in [0.1, 0.15) is 5.82 Å². The Morgan fingerprint density at radius 3 is 2.56 bits per heavy atom.